The Balaban J connectivity index is 2.28. The number of carbonyl (C=O) groups excluding carboxylic acids is 1. The smallest absolute Gasteiger partial charge is 0.268 e. The second-order valence-corrected chi connectivity index (χ2v) is 8.67. The van der Waals surface area contributed by atoms with E-state index in [9.17, 15) is 23.3 Å². The van der Waals surface area contributed by atoms with Crippen molar-refractivity contribution in [2.75, 3.05) is 4.31 Å². The third-order valence-corrected chi connectivity index (χ3v) is 6.49. The van der Waals surface area contributed by atoms with Crippen molar-refractivity contribution >= 4 is 27.3 Å². The van der Waals surface area contributed by atoms with Crippen LogP contribution in [-0.4, -0.2) is 19.2 Å². The summed E-state index contributed by atoms with van der Waals surface area (Å²) in [6.07, 6.45) is 0. The number of sulfonamides is 1. The summed E-state index contributed by atoms with van der Waals surface area (Å²) in [6, 6.07) is 16.8. The van der Waals surface area contributed by atoms with Crippen LogP contribution in [0.1, 0.15) is 27.0 Å². The van der Waals surface area contributed by atoms with Gasteiger partial charge in [-0.25, -0.2) is 8.42 Å². The highest BCUT2D eigenvalue weighted by Gasteiger charge is 2.34. The highest BCUT2D eigenvalue weighted by Crippen LogP contribution is 2.31. The number of hydrogen-bond acceptors (Lipinski definition) is 5. The summed E-state index contributed by atoms with van der Waals surface area (Å²) in [5, 5.41) is 11.3. The molecule has 0 unspecified atom stereocenters. The van der Waals surface area contributed by atoms with Crippen molar-refractivity contribution < 1.29 is 18.1 Å². The number of amides is 1. The standard InChI is InChI=1S/C22H20N2O5S/c1-15-12-13-16(2)21(14-15)23(30(28,29)18-8-5-4-6-9-18)22(25)19-10-7-11-20(17(19)3)24(26)27/h4-14H,1-3H3. The Morgan fingerprint density at radius 3 is 2.23 bits per heavy atom. The van der Waals surface area contributed by atoms with Crippen LogP contribution in [0.5, 0.6) is 0 Å². The number of nitrogens with zero attached hydrogens (tertiary/aromatic N) is 2. The lowest BCUT2D eigenvalue weighted by molar-refractivity contribution is -0.385. The first-order valence-electron chi connectivity index (χ1n) is 9.10. The molecule has 0 N–H and O–H groups in total. The van der Waals surface area contributed by atoms with Gasteiger partial charge in [-0.15, -0.1) is 0 Å². The van der Waals surface area contributed by atoms with Gasteiger partial charge in [0.25, 0.3) is 21.6 Å². The van der Waals surface area contributed by atoms with Gasteiger partial charge >= 0.3 is 0 Å². The summed E-state index contributed by atoms with van der Waals surface area (Å²) in [7, 11) is -4.28. The molecule has 8 heteroatoms. The van der Waals surface area contributed by atoms with Crippen LogP contribution in [0.4, 0.5) is 11.4 Å². The number of anilines is 1. The van der Waals surface area contributed by atoms with Crippen LogP contribution in [0.25, 0.3) is 0 Å². The van der Waals surface area contributed by atoms with Gasteiger partial charge in [0.15, 0.2) is 0 Å². The Bertz CT molecular complexity index is 1240. The SMILES string of the molecule is Cc1ccc(C)c(N(C(=O)c2cccc([N+](=O)[O-])c2C)S(=O)(=O)c2ccccc2)c1. The van der Waals surface area contributed by atoms with E-state index >= 15 is 0 Å². The van der Waals surface area contributed by atoms with Gasteiger partial charge in [0.2, 0.25) is 0 Å². The van der Waals surface area contributed by atoms with Crippen molar-refractivity contribution in [3.05, 3.63) is 99.1 Å². The lowest BCUT2D eigenvalue weighted by atomic mass is 10.1. The zero-order valence-corrected chi connectivity index (χ0v) is 17.5. The molecule has 0 aliphatic carbocycles. The van der Waals surface area contributed by atoms with Crippen molar-refractivity contribution in [1.82, 2.24) is 0 Å². The van der Waals surface area contributed by atoms with Gasteiger partial charge in [-0.05, 0) is 56.2 Å². The fourth-order valence-corrected chi connectivity index (χ4v) is 4.63. The fraction of sp³-hybridized carbons (Fsp3) is 0.136. The number of hydrogen-bond donors (Lipinski definition) is 0. The maximum atomic E-state index is 13.5. The zero-order valence-electron chi connectivity index (χ0n) is 16.7. The minimum Gasteiger partial charge on any atom is -0.268 e. The van der Waals surface area contributed by atoms with Gasteiger partial charge in [0.1, 0.15) is 0 Å². The summed E-state index contributed by atoms with van der Waals surface area (Å²) in [4.78, 5) is 24.2. The van der Waals surface area contributed by atoms with Crippen LogP contribution in [0.2, 0.25) is 0 Å². The van der Waals surface area contributed by atoms with Crippen LogP contribution < -0.4 is 4.31 Å². The van der Waals surface area contributed by atoms with E-state index in [2.05, 4.69) is 0 Å². The van der Waals surface area contributed by atoms with Crippen LogP contribution >= 0.6 is 0 Å². The molecule has 0 heterocycles. The summed E-state index contributed by atoms with van der Waals surface area (Å²) >= 11 is 0. The Labute approximate surface area is 174 Å². The first-order valence-corrected chi connectivity index (χ1v) is 10.5. The van der Waals surface area contributed by atoms with Crippen molar-refractivity contribution in [2.24, 2.45) is 0 Å². The molecule has 0 aromatic heterocycles. The maximum Gasteiger partial charge on any atom is 0.273 e. The normalized spacial score (nSPS) is 11.2. The van der Waals surface area contributed by atoms with Crippen LogP contribution in [-0.2, 0) is 10.0 Å². The van der Waals surface area contributed by atoms with Crippen molar-refractivity contribution in [3.63, 3.8) is 0 Å². The molecule has 0 aliphatic heterocycles. The van der Waals surface area contributed by atoms with E-state index in [4.69, 9.17) is 0 Å². The first kappa shape index (κ1) is 21.2. The number of benzene rings is 3. The van der Waals surface area contributed by atoms with Gasteiger partial charge < -0.3 is 0 Å². The molecule has 3 rings (SSSR count). The predicted molar refractivity (Wildman–Crippen MR) is 114 cm³/mol. The van der Waals surface area contributed by atoms with E-state index in [-0.39, 0.29) is 27.4 Å². The molecule has 154 valence electrons. The molecule has 3 aromatic carbocycles. The molecule has 0 bridgehead atoms. The minimum absolute atomic E-state index is 0.0513. The van der Waals surface area contributed by atoms with E-state index in [1.165, 1.54) is 37.3 Å². The van der Waals surface area contributed by atoms with Gasteiger partial charge in [0.05, 0.1) is 21.1 Å². The topological polar surface area (TPSA) is 97.6 Å². The first-order chi connectivity index (χ1) is 14.1. The Morgan fingerprint density at radius 2 is 1.60 bits per heavy atom. The molecule has 0 fully saturated rings. The third kappa shape index (κ3) is 3.81. The van der Waals surface area contributed by atoms with Crippen LogP contribution in [0.15, 0.2) is 71.6 Å². The van der Waals surface area contributed by atoms with Crippen LogP contribution in [0, 0.1) is 30.9 Å². The van der Waals surface area contributed by atoms with Crippen molar-refractivity contribution in [3.8, 4) is 0 Å². The molecule has 30 heavy (non-hydrogen) atoms. The van der Waals surface area contributed by atoms with Gasteiger partial charge in [-0.1, -0.05) is 36.4 Å². The third-order valence-electron chi connectivity index (χ3n) is 4.78. The van der Waals surface area contributed by atoms with Gasteiger partial charge in [-0.2, -0.15) is 4.31 Å². The predicted octanol–water partition coefficient (Wildman–Crippen LogP) is 4.56. The molecule has 0 radical (unpaired) electrons. The highest BCUT2D eigenvalue weighted by atomic mass is 32.2. The molecule has 3 aromatic rings. The zero-order chi connectivity index (χ0) is 22.1. The van der Waals surface area contributed by atoms with E-state index in [1.807, 2.05) is 6.07 Å². The second kappa shape index (κ2) is 8.08. The average Bonchev–Trinajstić information content (AvgIpc) is 2.71. The molecule has 0 aliphatic rings. The molecular formula is C22H20N2O5S. The highest BCUT2D eigenvalue weighted by molar-refractivity contribution is 7.93. The van der Waals surface area contributed by atoms with Crippen molar-refractivity contribution in [2.45, 2.75) is 25.7 Å². The maximum absolute atomic E-state index is 13.5. The molecule has 0 atom stereocenters. The minimum atomic E-state index is -4.28. The van der Waals surface area contributed by atoms with Gasteiger partial charge in [-0.3, -0.25) is 14.9 Å². The summed E-state index contributed by atoms with van der Waals surface area (Å²) in [5.41, 5.74) is 1.35. The molecule has 7 nitrogen and oxygen atoms in total. The van der Waals surface area contributed by atoms with E-state index in [0.717, 1.165) is 9.87 Å². The lowest BCUT2D eigenvalue weighted by Crippen LogP contribution is -2.38. The molecule has 1 amide bonds. The number of aryl methyl sites for hydroxylation is 2. The quantitative estimate of drug-likeness (QED) is 0.442. The second-order valence-electron chi connectivity index (χ2n) is 6.88. The largest absolute Gasteiger partial charge is 0.273 e. The summed E-state index contributed by atoms with van der Waals surface area (Å²) in [6.45, 7) is 4.93. The van der Waals surface area contributed by atoms with E-state index in [1.54, 1.807) is 44.2 Å². The van der Waals surface area contributed by atoms with E-state index < -0.39 is 20.9 Å². The number of rotatable bonds is 5. The molecule has 0 saturated heterocycles. The Kier molecular flexibility index (Phi) is 5.71. The molecule has 0 saturated carbocycles. The Hall–Kier alpha value is -3.52. The van der Waals surface area contributed by atoms with Gasteiger partial charge in [0, 0.05) is 11.6 Å². The average molecular weight is 424 g/mol. The monoisotopic (exact) mass is 424 g/mol. The lowest BCUT2D eigenvalue weighted by Gasteiger charge is -2.25. The summed E-state index contributed by atoms with van der Waals surface area (Å²) < 4.78 is 27.8. The summed E-state index contributed by atoms with van der Waals surface area (Å²) in [5.74, 6) is -0.853. The molecule has 0 spiro atoms. The number of carbonyl (C=O) groups is 1. The number of nitro groups is 1. The van der Waals surface area contributed by atoms with E-state index in [0.29, 0.717) is 5.56 Å². The van der Waals surface area contributed by atoms with Crippen LogP contribution in [0.3, 0.4) is 0 Å². The fourth-order valence-electron chi connectivity index (χ4n) is 3.15. The van der Waals surface area contributed by atoms with Crippen molar-refractivity contribution in [1.29, 1.82) is 0 Å². The Morgan fingerprint density at radius 1 is 0.933 bits per heavy atom. The molecular weight excluding hydrogens is 404 g/mol. The number of nitro benzene ring substituents is 1.